The number of carboxylic acids is 1. The maximum absolute atomic E-state index is 12.8. The molecule has 2 rings (SSSR count). The van der Waals surface area contributed by atoms with Crippen molar-refractivity contribution in [2.24, 2.45) is 0 Å². The van der Waals surface area contributed by atoms with Crippen LogP contribution in [0.25, 0.3) is 11.1 Å². The molecule has 0 unspecified atom stereocenters. The number of aliphatic carboxylic acids is 1. The Hall–Kier alpha value is -1.94. The summed E-state index contributed by atoms with van der Waals surface area (Å²) < 4.78 is 12.8. The van der Waals surface area contributed by atoms with Crippen molar-refractivity contribution in [3.8, 4) is 11.1 Å². The molecule has 0 aliphatic heterocycles. The molecule has 18 heavy (non-hydrogen) atoms. The fraction of sp³-hybridized carbons (Fsp3) is 0.0769. The number of benzene rings is 1. The van der Waals surface area contributed by atoms with E-state index >= 15 is 0 Å². The number of carbonyl (C=O) groups is 1. The highest BCUT2D eigenvalue weighted by Gasteiger charge is 2.08. The molecule has 0 saturated carbocycles. The molecular weight excluding hydrogens is 257 g/mol. The summed E-state index contributed by atoms with van der Waals surface area (Å²) in [6, 6.07) is 9.12. The molecule has 3 nitrogen and oxygen atoms in total. The quantitative estimate of drug-likeness (QED) is 0.867. The molecule has 0 radical (unpaired) electrons. The monoisotopic (exact) mass is 265 g/mol. The Kier molecular flexibility index (Phi) is 3.58. The molecule has 0 spiro atoms. The van der Waals surface area contributed by atoms with Crippen LogP contribution in [0.2, 0.25) is 5.15 Å². The topological polar surface area (TPSA) is 50.2 Å². The number of pyridine rings is 1. The minimum Gasteiger partial charge on any atom is -0.481 e. The fourth-order valence-corrected chi connectivity index (χ4v) is 1.85. The van der Waals surface area contributed by atoms with E-state index in [0.717, 1.165) is 5.56 Å². The van der Waals surface area contributed by atoms with Crippen molar-refractivity contribution in [3.05, 3.63) is 53.1 Å². The summed E-state index contributed by atoms with van der Waals surface area (Å²) >= 11 is 5.99. The van der Waals surface area contributed by atoms with Gasteiger partial charge in [-0.1, -0.05) is 23.7 Å². The second-order valence-electron chi connectivity index (χ2n) is 3.72. The number of rotatable bonds is 3. The van der Waals surface area contributed by atoms with Crippen molar-refractivity contribution < 1.29 is 14.3 Å². The Morgan fingerprint density at radius 1 is 1.22 bits per heavy atom. The summed E-state index contributed by atoms with van der Waals surface area (Å²) in [7, 11) is 0. The van der Waals surface area contributed by atoms with Gasteiger partial charge in [0, 0.05) is 5.56 Å². The van der Waals surface area contributed by atoms with Crippen LogP contribution in [-0.4, -0.2) is 16.1 Å². The zero-order chi connectivity index (χ0) is 13.1. The second kappa shape index (κ2) is 5.14. The van der Waals surface area contributed by atoms with Crippen LogP contribution in [-0.2, 0) is 11.2 Å². The third kappa shape index (κ3) is 2.84. The van der Waals surface area contributed by atoms with Crippen LogP contribution in [0.15, 0.2) is 36.4 Å². The Labute approximate surface area is 108 Å². The van der Waals surface area contributed by atoms with Gasteiger partial charge >= 0.3 is 5.97 Å². The molecule has 0 fully saturated rings. The lowest BCUT2D eigenvalue weighted by atomic mass is 10.1. The number of aromatic nitrogens is 1. The molecule has 0 aliphatic carbocycles. The Morgan fingerprint density at radius 2 is 1.89 bits per heavy atom. The Bertz CT molecular complexity index is 584. The number of hydrogen-bond donors (Lipinski definition) is 1. The van der Waals surface area contributed by atoms with Crippen LogP contribution in [0.3, 0.4) is 0 Å². The first-order valence-corrected chi connectivity index (χ1v) is 5.57. The minimum atomic E-state index is -0.965. The molecule has 0 bridgehead atoms. The van der Waals surface area contributed by atoms with Gasteiger partial charge in [-0.05, 0) is 29.8 Å². The fourth-order valence-electron chi connectivity index (χ4n) is 1.57. The van der Waals surface area contributed by atoms with E-state index < -0.39 is 5.97 Å². The van der Waals surface area contributed by atoms with Gasteiger partial charge in [0.05, 0.1) is 12.1 Å². The van der Waals surface area contributed by atoms with Crippen LogP contribution in [0, 0.1) is 5.82 Å². The summed E-state index contributed by atoms with van der Waals surface area (Å²) in [6.45, 7) is 0. The van der Waals surface area contributed by atoms with Crippen molar-refractivity contribution in [2.75, 3.05) is 0 Å². The standard InChI is InChI=1S/C13H9ClFNO2/c14-13-11(8-1-3-9(15)4-2-8)6-5-10(16-13)7-12(17)18/h1-6H,7H2,(H,17,18). The van der Waals surface area contributed by atoms with E-state index in [1.54, 1.807) is 24.3 Å². The number of hydrogen-bond acceptors (Lipinski definition) is 2. The van der Waals surface area contributed by atoms with Crippen molar-refractivity contribution >= 4 is 17.6 Å². The maximum atomic E-state index is 12.8. The maximum Gasteiger partial charge on any atom is 0.309 e. The van der Waals surface area contributed by atoms with Gasteiger partial charge in [-0.15, -0.1) is 0 Å². The minimum absolute atomic E-state index is 0.177. The van der Waals surface area contributed by atoms with E-state index in [4.69, 9.17) is 16.7 Å². The van der Waals surface area contributed by atoms with E-state index in [-0.39, 0.29) is 17.4 Å². The van der Waals surface area contributed by atoms with Crippen LogP contribution in [0.1, 0.15) is 5.69 Å². The molecule has 0 amide bonds. The van der Waals surface area contributed by atoms with E-state index in [0.29, 0.717) is 11.3 Å². The molecule has 1 aromatic heterocycles. The summed E-state index contributed by atoms with van der Waals surface area (Å²) in [5, 5.41) is 8.86. The van der Waals surface area contributed by atoms with Crippen molar-refractivity contribution in [1.29, 1.82) is 0 Å². The van der Waals surface area contributed by atoms with E-state index in [2.05, 4.69) is 4.98 Å². The van der Waals surface area contributed by atoms with Gasteiger partial charge in [0.25, 0.3) is 0 Å². The Balaban J connectivity index is 2.35. The number of halogens is 2. The summed E-state index contributed by atoms with van der Waals surface area (Å²) in [4.78, 5) is 14.6. The molecule has 0 aliphatic rings. The highest BCUT2D eigenvalue weighted by Crippen LogP contribution is 2.26. The lowest BCUT2D eigenvalue weighted by Gasteiger charge is -2.05. The van der Waals surface area contributed by atoms with Gasteiger partial charge in [-0.2, -0.15) is 0 Å². The van der Waals surface area contributed by atoms with Gasteiger partial charge in [-0.25, -0.2) is 9.37 Å². The number of carboxylic acid groups (broad SMARTS) is 1. The highest BCUT2D eigenvalue weighted by atomic mass is 35.5. The first-order valence-electron chi connectivity index (χ1n) is 5.19. The zero-order valence-corrected chi connectivity index (χ0v) is 9.99. The zero-order valence-electron chi connectivity index (χ0n) is 9.23. The smallest absolute Gasteiger partial charge is 0.309 e. The van der Waals surface area contributed by atoms with Crippen molar-refractivity contribution in [1.82, 2.24) is 4.98 Å². The van der Waals surface area contributed by atoms with E-state index in [9.17, 15) is 9.18 Å². The first-order chi connectivity index (χ1) is 8.56. The second-order valence-corrected chi connectivity index (χ2v) is 4.08. The van der Waals surface area contributed by atoms with Gasteiger partial charge in [-0.3, -0.25) is 4.79 Å². The lowest BCUT2D eigenvalue weighted by Crippen LogP contribution is -2.02. The van der Waals surface area contributed by atoms with Crippen LogP contribution in [0.5, 0.6) is 0 Å². The van der Waals surface area contributed by atoms with Gasteiger partial charge < -0.3 is 5.11 Å². The predicted octanol–water partition coefficient (Wildman–Crippen LogP) is 3.17. The van der Waals surface area contributed by atoms with Gasteiger partial charge in [0.1, 0.15) is 11.0 Å². The summed E-state index contributed by atoms with van der Waals surface area (Å²) in [6.07, 6.45) is -0.177. The molecule has 92 valence electrons. The third-order valence-electron chi connectivity index (χ3n) is 2.39. The lowest BCUT2D eigenvalue weighted by molar-refractivity contribution is -0.136. The number of nitrogens with zero attached hydrogens (tertiary/aromatic N) is 1. The highest BCUT2D eigenvalue weighted by molar-refractivity contribution is 6.32. The third-order valence-corrected chi connectivity index (χ3v) is 2.68. The van der Waals surface area contributed by atoms with Crippen LogP contribution >= 0.6 is 11.6 Å². The molecular formula is C13H9ClFNO2. The van der Waals surface area contributed by atoms with Crippen molar-refractivity contribution in [3.63, 3.8) is 0 Å². The molecule has 0 atom stereocenters. The normalized spacial score (nSPS) is 10.3. The average Bonchev–Trinajstić information content (AvgIpc) is 2.30. The van der Waals surface area contributed by atoms with Gasteiger partial charge in [0.15, 0.2) is 0 Å². The average molecular weight is 266 g/mol. The molecule has 0 saturated heterocycles. The Morgan fingerprint density at radius 3 is 2.44 bits per heavy atom. The molecule has 1 aromatic carbocycles. The van der Waals surface area contributed by atoms with E-state index in [1.165, 1.54) is 12.1 Å². The SMILES string of the molecule is O=C(O)Cc1ccc(-c2ccc(F)cc2)c(Cl)n1. The largest absolute Gasteiger partial charge is 0.481 e. The molecule has 1 N–H and O–H groups in total. The molecule has 5 heteroatoms. The molecule has 2 aromatic rings. The van der Waals surface area contributed by atoms with Crippen LogP contribution < -0.4 is 0 Å². The van der Waals surface area contributed by atoms with Gasteiger partial charge in [0.2, 0.25) is 0 Å². The molecule has 1 heterocycles. The first kappa shape index (κ1) is 12.5. The van der Waals surface area contributed by atoms with Crippen molar-refractivity contribution in [2.45, 2.75) is 6.42 Å². The van der Waals surface area contributed by atoms with E-state index in [1.807, 2.05) is 0 Å². The summed E-state index contributed by atoms with van der Waals surface area (Å²) in [5.74, 6) is -1.29. The van der Waals surface area contributed by atoms with Crippen LogP contribution in [0.4, 0.5) is 4.39 Å². The predicted molar refractivity (Wildman–Crippen MR) is 66.0 cm³/mol. The summed E-state index contributed by atoms with van der Waals surface area (Å²) in [5.41, 5.74) is 1.76.